The van der Waals surface area contributed by atoms with E-state index >= 15 is 0 Å². The molecule has 1 rings (SSSR count). The van der Waals surface area contributed by atoms with Crippen molar-refractivity contribution in [2.24, 2.45) is 4.99 Å². The van der Waals surface area contributed by atoms with Crippen molar-refractivity contribution in [3.8, 4) is 0 Å². The normalized spacial score (nSPS) is 18.4. The minimum absolute atomic E-state index is 0. The quantitative estimate of drug-likeness (QED) is 0.261. The summed E-state index contributed by atoms with van der Waals surface area (Å²) in [6, 6.07) is 0.0805. The fourth-order valence-electron chi connectivity index (χ4n) is 2.76. The van der Waals surface area contributed by atoms with E-state index in [9.17, 15) is 4.79 Å². The van der Waals surface area contributed by atoms with E-state index in [-0.39, 0.29) is 35.9 Å². The molecule has 0 aromatic heterocycles. The largest absolute Gasteiger partial charge is 0.356 e. The third-order valence-corrected chi connectivity index (χ3v) is 4.05. The lowest BCUT2D eigenvalue weighted by Crippen LogP contribution is -2.44. The zero-order chi connectivity index (χ0) is 16.4. The molecule has 23 heavy (non-hydrogen) atoms. The van der Waals surface area contributed by atoms with Crippen LogP contribution in [-0.4, -0.2) is 75.0 Å². The van der Waals surface area contributed by atoms with Crippen molar-refractivity contribution in [3.05, 3.63) is 0 Å². The molecule has 7 heteroatoms. The predicted octanol–water partition coefficient (Wildman–Crippen LogP) is 1.51. The number of hydrogen-bond donors (Lipinski definition) is 2. The van der Waals surface area contributed by atoms with Gasteiger partial charge in [-0.1, -0.05) is 13.3 Å². The number of amides is 1. The first-order valence-corrected chi connectivity index (χ1v) is 8.49. The number of aliphatic imine (C=N–C) groups is 1. The van der Waals surface area contributed by atoms with Gasteiger partial charge < -0.3 is 15.5 Å². The van der Waals surface area contributed by atoms with E-state index in [0.717, 1.165) is 57.8 Å². The number of guanidine groups is 1. The molecule has 1 aliphatic rings. The highest BCUT2D eigenvalue weighted by atomic mass is 127. The third-order valence-electron chi connectivity index (χ3n) is 4.05. The van der Waals surface area contributed by atoms with E-state index in [1.807, 2.05) is 14.1 Å². The lowest BCUT2D eigenvalue weighted by atomic mass is 10.2. The van der Waals surface area contributed by atoms with E-state index in [2.05, 4.69) is 27.4 Å². The van der Waals surface area contributed by atoms with E-state index in [1.54, 1.807) is 11.9 Å². The predicted molar refractivity (Wildman–Crippen MR) is 108 cm³/mol. The lowest BCUT2D eigenvalue weighted by molar-refractivity contribution is -0.133. The van der Waals surface area contributed by atoms with Crippen LogP contribution in [0.5, 0.6) is 0 Å². The number of rotatable bonds is 8. The van der Waals surface area contributed by atoms with Gasteiger partial charge in [0, 0.05) is 40.8 Å². The molecule has 0 aromatic carbocycles. The van der Waals surface area contributed by atoms with Gasteiger partial charge >= 0.3 is 0 Å². The van der Waals surface area contributed by atoms with E-state index in [4.69, 9.17) is 0 Å². The molecular weight excluding hydrogens is 405 g/mol. The number of unbranched alkanes of at least 4 members (excludes halogenated alkanes) is 1. The molecule has 0 saturated carbocycles. The second kappa shape index (κ2) is 12.8. The van der Waals surface area contributed by atoms with Crippen LogP contribution in [0.3, 0.4) is 0 Å². The van der Waals surface area contributed by atoms with Crippen molar-refractivity contribution in [1.29, 1.82) is 0 Å². The molecule has 1 unspecified atom stereocenters. The number of halogens is 1. The first-order valence-electron chi connectivity index (χ1n) is 8.49. The molecule has 0 spiro atoms. The number of carbonyl (C=O) groups is 1. The van der Waals surface area contributed by atoms with Crippen molar-refractivity contribution in [3.63, 3.8) is 0 Å². The van der Waals surface area contributed by atoms with Crippen LogP contribution in [0.15, 0.2) is 4.99 Å². The molecule has 0 bridgehead atoms. The summed E-state index contributed by atoms with van der Waals surface area (Å²) >= 11 is 0. The van der Waals surface area contributed by atoms with Crippen molar-refractivity contribution in [2.75, 3.05) is 47.3 Å². The van der Waals surface area contributed by atoms with Crippen molar-refractivity contribution in [1.82, 2.24) is 20.4 Å². The molecule has 0 radical (unpaired) electrons. The number of hydrogen-bond acceptors (Lipinski definition) is 3. The maximum Gasteiger partial charge on any atom is 0.239 e. The summed E-state index contributed by atoms with van der Waals surface area (Å²) in [6.45, 7) is 6.02. The highest BCUT2D eigenvalue weighted by Gasteiger charge is 2.30. The van der Waals surface area contributed by atoms with Crippen LogP contribution < -0.4 is 10.6 Å². The second-order valence-corrected chi connectivity index (χ2v) is 6.06. The summed E-state index contributed by atoms with van der Waals surface area (Å²) in [5, 5.41) is 6.64. The monoisotopic (exact) mass is 439 g/mol. The fourth-order valence-corrected chi connectivity index (χ4v) is 2.76. The Balaban J connectivity index is 0.00000484. The Kier molecular flexibility index (Phi) is 12.5. The van der Waals surface area contributed by atoms with Gasteiger partial charge in [-0.05, 0) is 32.2 Å². The summed E-state index contributed by atoms with van der Waals surface area (Å²) in [7, 11) is 5.48. The first-order chi connectivity index (χ1) is 10.6. The number of likely N-dealkylation sites (N-methyl/N-ethyl adjacent to an activating group) is 1. The smallest absolute Gasteiger partial charge is 0.239 e. The fraction of sp³-hybridized carbons (Fsp3) is 0.875. The van der Waals surface area contributed by atoms with Crippen LogP contribution in [-0.2, 0) is 4.79 Å². The maximum atomic E-state index is 12.1. The average Bonchev–Trinajstić information content (AvgIpc) is 2.97. The van der Waals surface area contributed by atoms with Crippen LogP contribution >= 0.6 is 24.0 Å². The van der Waals surface area contributed by atoms with Crippen molar-refractivity contribution >= 4 is 35.8 Å². The Labute approximate surface area is 158 Å². The average molecular weight is 439 g/mol. The van der Waals surface area contributed by atoms with Gasteiger partial charge in [0.25, 0.3) is 0 Å². The van der Waals surface area contributed by atoms with Gasteiger partial charge in [-0.25, -0.2) is 0 Å². The summed E-state index contributed by atoms with van der Waals surface area (Å²) in [4.78, 5) is 20.4. The molecule has 1 saturated heterocycles. The first kappa shape index (κ1) is 22.4. The van der Waals surface area contributed by atoms with Crippen LogP contribution in [0.2, 0.25) is 0 Å². The summed E-state index contributed by atoms with van der Waals surface area (Å²) in [5.41, 5.74) is 0. The number of likely N-dealkylation sites (tertiary alicyclic amines) is 1. The number of nitrogens with one attached hydrogen (secondary N) is 2. The Morgan fingerprint density at radius 3 is 2.48 bits per heavy atom. The molecule has 1 aliphatic heterocycles. The summed E-state index contributed by atoms with van der Waals surface area (Å²) in [6.07, 6.45) is 5.47. The zero-order valence-electron chi connectivity index (χ0n) is 15.1. The van der Waals surface area contributed by atoms with Crippen LogP contribution in [0.25, 0.3) is 0 Å². The Morgan fingerprint density at radius 2 is 1.91 bits per heavy atom. The molecule has 6 nitrogen and oxygen atoms in total. The maximum absolute atomic E-state index is 12.1. The van der Waals surface area contributed by atoms with E-state index < -0.39 is 0 Å². The molecule has 0 aliphatic carbocycles. The van der Waals surface area contributed by atoms with Gasteiger partial charge in [-0.3, -0.25) is 14.7 Å². The van der Waals surface area contributed by atoms with Gasteiger partial charge in [-0.15, -0.1) is 24.0 Å². The number of carbonyl (C=O) groups excluding carboxylic acids is 1. The SMILES string of the molecule is CCCCNC(=NC)NCCCN1CCCC1C(=O)N(C)C.I. The standard InChI is InChI=1S/C16H33N5O.HI/c1-5-6-10-18-16(17-2)19-11-8-13-21-12-7-9-14(21)15(22)20(3)4;/h14H,5-13H2,1-4H3,(H2,17,18,19);1H. The topological polar surface area (TPSA) is 60.0 Å². The van der Waals surface area contributed by atoms with E-state index in [1.165, 1.54) is 6.42 Å². The zero-order valence-corrected chi connectivity index (χ0v) is 17.4. The van der Waals surface area contributed by atoms with Crippen LogP contribution in [0.1, 0.15) is 39.0 Å². The van der Waals surface area contributed by atoms with Gasteiger partial charge in [0.05, 0.1) is 6.04 Å². The second-order valence-electron chi connectivity index (χ2n) is 6.06. The minimum Gasteiger partial charge on any atom is -0.356 e. The molecule has 1 atom stereocenters. The highest BCUT2D eigenvalue weighted by Crippen LogP contribution is 2.18. The van der Waals surface area contributed by atoms with Crippen molar-refractivity contribution < 1.29 is 4.79 Å². The molecule has 1 heterocycles. The molecule has 136 valence electrons. The minimum atomic E-state index is 0. The number of nitrogens with zero attached hydrogens (tertiary/aromatic N) is 3. The summed E-state index contributed by atoms with van der Waals surface area (Å²) in [5.74, 6) is 1.11. The Morgan fingerprint density at radius 1 is 1.26 bits per heavy atom. The molecule has 0 aromatic rings. The van der Waals surface area contributed by atoms with Crippen LogP contribution in [0.4, 0.5) is 0 Å². The van der Waals surface area contributed by atoms with Gasteiger partial charge in [0.1, 0.15) is 0 Å². The van der Waals surface area contributed by atoms with E-state index in [0.29, 0.717) is 0 Å². The molecular formula is C16H34IN5O. The molecule has 2 N–H and O–H groups in total. The highest BCUT2D eigenvalue weighted by molar-refractivity contribution is 14.0. The lowest BCUT2D eigenvalue weighted by Gasteiger charge is -2.26. The van der Waals surface area contributed by atoms with Gasteiger partial charge in [0.15, 0.2) is 5.96 Å². The van der Waals surface area contributed by atoms with Crippen molar-refractivity contribution in [2.45, 2.75) is 45.1 Å². The Bertz CT molecular complexity index is 362. The summed E-state index contributed by atoms with van der Waals surface area (Å²) < 4.78 is 0. The molecule has 1 fully saturated rings. The molecule has 1 amide bonds. The Hall–Kier alpha value is -0.570. The van der Waals surface area contributed by atoms with Gasteiger partial charge in [-0.2, -0.15) is 0 Å². The van der Waals surface area contributed by atoms with Crippen LogP contribution in [0, 0.1) is 0 Å². The van der Waals surface area contributed by atoms with Gasteiger partial charge in [0.2, 0.25) is 5.91 Å². The third kappa shape index (κ3) is 8.19.